The predicted octanol–water partition coefficient (Wildman–Crippen LogP) is 2.33. The van der Waals surface area contributed by atoms with Crippen molar-refractivity contribution in [3.05, 3.63) is 78.6 Å². The molecule has 0 aliphatic heterocycles. The van der Waals surface area contributed by atoms with Crippen LogP contribution in [-0.2, 0) is 4.79 Å². The fraction of sp³-hybridized carbons (Fsp3) is 0.100. The van der Waals surface area contributed by atoms with Gasteiger partial charge in [-0.25, -0.2) is 0 Å². The summed E-state index contributed by atoms with van der Waals surface area (Å²) >= 11 is 0. The first-order valence-electron chi connectivity index (χ1n) is 8.26. The van der Waals surface area contributed by atoms with Crippen molar-refractivity contribution in [1.29, 1.82) is 0 Å². The van der Waals surface area contributed by atoms with Crippen molar-refractivity contribution < 1.29 is 19.1 Å². The van der Waals surface area contributed by atoms with Gasteiger partial charge in [-0.1, -0.05) is 24.3 Å². The molecule has 0 bridgehead atoms. The van der Waals surface area contributed by atoms with E-state index in [1.54, 1.807) is 36.4 Å². The Balaban J connectivity index is 1.57. The number of rotatable bonds is 6. The number of methoxy groups -OCH3 is 1. The summed E-state index contributed by atoms with van der Waals surface area (Å²) in [6, 6.07) is 17.8. The Bertz CT molecular complexity index is 922. The Labute approximate surface area is 156 Å². The van der Waals surface area contributed by atoms with Crippen molar-refractivity contribution in [1.82, 2.24) is 15.4 Å². The lowest BCUT2D eigenvalue weighted by molar-refractivity contribution is -0.123. The van der Waals surface area contributed by atoms with E-state index in [9.17, 15) is 9.59 Å². The van der Waals surface area contributed by atoms with Gasteiger partial charge in [-0.2, -0.15) is 0 Å². The van der Waals surface area contributed by atoms with Gasteiger partial charge in [-0.3, -0.25) is 20.4 Å². The summed E-state index contributed by atoms with van der Waals surface area (Å²) in [5, 5.41) is 0. The molecule has 3 aromatic rings. The minimum atomic E-state index is -0.493. The lowest BCUT2D eigenvalue weighted by Gasteiger charge is -2.13. The molecule has 2 aromatic carbocycles. The van der Waals surface area contributed by atoms with Crippen molar-refractivity contribution in [2.45, 2.75) is 0 Å². The van der Waals surface area contributed by atoms with Gasteiger partial charge < -0.3 is 14.0 Å². The second-order valence-electron chi connectivity index (χ2n) is 5.55. The smallest absolute Gasteiger partial charge is 0.276 e. The third-order valence-corrected chi connectivity index (χ3v) is 3.77. The largest absolute Gasteiger partial charge is 0.493 e. The number of benzene rings is 2. The number of nitrogens with one attached hydrogen (secondary N) is 2. The summed E-state index contributed by atoms with van der Waals surface area (Å²) in [5.74, 6) is 0.0482. The maximum atomic E-state index is 12.4. The molecule has 0 aliphatic carbocycles. The second-order valence-corrected chi connectivity index (χ2v) is 5.55. The van der Waals surface area contributed by atoms with Gasteiger partial charge in [0.2, 0.25) is 0 Å². The van der Waals surface area contributed by atoms with E-state index in [4.69, 9.17) is 9.47 Å². The molecule has 0 atom stereocenters. The maximum absolute atomic E-state index is 12.4. The van der Waals surface area contributed by atoms with E-state index in [1.807, 2.05) is 41.2 Å². The van der Waals surface area contributed by atoms with Crippen molar-refractivity contribution in [2.75, 3.05) is 13.7 Å². The summed E-state index contributed by atoms with van der Waals surface area (Å²) in [5.41, 5.74) is 5.89. The first-order valence-corrected chi connectivity index (χ1v) is 8.26. The van der Waals surface area contributed by atoms with Gasteiger partial charge in [0.15, 0.2) is 18.1 Å². The predicted molar refractivity (Wildman–Crippen MR) is 99.9 cm³/mol. The first kappa shape index (κ1) is 18.1. The zero-order valence-electron chi connectivity index (χ0n) is 14.7. The summed E-state index contributed by atoms with van der Waals surface area (Å²) in [6.07, 6.45) is 3.68. The van der Waals surface area contributed by atoms with Crippen molar-refractivity contribution in [3.63, 3.8) is 0 Å². The van der Waals surface area contributed by atoms with E-state index in [2.05, 4.69) is 10.9 Å². The standard InChI is InChI=1S/C20H19N3O4/c1-26-17-10-4-5-11-18(17)27-14-19(24)21-22-20(25)15-8-2-3-9-16(15)23-12-6-7-13-23/h2-13H,14H2,1H3,(H,21,24)(H,22,25). The number of hydrazine groups is 1. The molecule has 2 amide bonds. The number of hydrogen-bond acceptors (Lipinski definition) is 4. The first-order chi connectivity index (χ1) is 13.2. The summed E-state index contributed by atoms with van der Waals surface area (Å²) < 4.78 is 12.4. The van der Waals surface area contributed by atoms with Crippen LogP contribution in [0.25, 0.3) is 5.69 Å². The number of para-hydroxylation sites is 3. The molecule has 1 heterocycles. The van der Waals surface area contributed by atoms with Crippen LogP contribution in [0.15, 0.2) is 73.1 Å². The minimum Gasteiger partial charge on any atom is -0.493 e. The van der Waals surface area contributed by atoms with Gasteiger partial charge >= 0.3 is 0 Å². The number of carbonyl (C=O) groups excluding carboxylic acids is 2. The van der Waals surface area contributed by atoms with E-state index in [-0.39, 0.29) is 6.61 Å². The Morgan fingerprint density at radius 3 is 2.30 bits per heavy atom. The maximum Gasteiger partial charge on any atom is 0.276 e. The number of aromatic nitrogens is 1. The van der Waals surface area contributed by atoms with Crippen LogP contribution >= 0.6 is 0 Å². The number of nitrogens with zero attached hydrogens (tertiary/aromatic N) is 1. The van der Waals surface area contributed by atoms with Crippen molar-refractivity contribution >= 4 is 11.8 Å². The molecule has 0 unspecified atom stereocenters. The molecule has 27 heavy (non-hydrogen) atoms. The van der Waals surface area contributed by atoms with Gasteiger partial charge in [0, 0.05) is 12.4 Å². The minimum absolute atomic E-state index is 0.264. The highest BCUT2D eigenvalue weighted by molar-refractivity contribution is 5.98. The van der Waals surface area contributed by atoms with Crippen LogP contribution in [-0.4, -0.2) is 30.1 Å². The number of carbonyl (C=O) groups is 2. The van der Waals surface area contributed by atoms with E-state index in [1.165, 1.54) is 7.11 Å². The monoisotopic (exact) mass is 365 g/mol. The Morgan fingerprint density at radius 2 is 1.56 bits per heavy atom. The fourth-order valence-electron chi connectivity index (χ4n) is 2.50. The van der Waals surface area contributed by atoms with Crippen LogP contribution < -0.4 is 20.3 Å². The van der Waals surface area contributed by atoms with E-state index >= 15 is 0 Å². The number of ether oxygens (including phenoxy) is 2. The van der Waals surface area contributed by atoms with Gasteiger partial charge in [0.1, 0.15) is 0 Å². The molecule has 138 valence electrons. The third-order valence-electron chi connectivity index (χ3n) is 3.77. The van der Waals surface area contributed by atoms with Gasteiger partial charge in [0.25, 0.3) is 11.8 Å². The Morgan fingerprint density at radius 1 is 0.889 bits per heavy atom. The molecule has 2 N–H and O–H groups in total. The lowest BCUT2D eigenvalue weighted by Crippen LogP contribution is -2.44. The Kier molecular flexibility index (Phi) is 5.73. The molecule has 0 saturated heterocycles. The molecular formula is C20H19N3O4. The van der Waals surface area contributed by atoms with Crippen LogP contribution in [0.4, 0.5) is 0 Å². The molecule has 0 radical (unpaired) electrons. The molecule has 7 heteroatoms. The molecule has 0 aliphatic rings. The highest BCUT2D eigenvalue weighted by atomic mass is 16.5. The van der Waals surface area contributed by atoms with Gasteiger partial charge in [-0.15, -0.1) is 0 Å². The molecule has 1 aromatic heterocycles. The summed E-state index contributed by atoms with van der Waals surface area (Å²) in [7, 11) is 1.52. The zero-order valence-corrected chi connectivity index (χ0v) is 14.7. The molecular weight excluding hydrogens is 346 g/mol. The average Bonchev–Trinajstić information content (AvgIpc) is 3.25. The lowest BCUT2D eigenvalue weighted by atomic mass is 10.1. The molecule has 0 fully saturated rings. The van der Waals surface area contributed by atoms with E-state index in [0.717, 1.165) is 0 Å². The highest BCUT2D eigenvalue weighted by Crippen LogP contribution is 2.25. The second kappa shape index (κ2) is 8.57. The van der Waals surface area contributed by atoms with Crippen LogP contribution in [0.2, 0.25) is 0 Å². The van der Waals surface area contributed by atoms with Gasteiger partial charge in [0.05, 0.1) is 18.4 Å². The van der Waals surface area contributed by atoms with Crippen LogP contribution in [0.5, 0.6) is 11.5 Å². The molecule has 7 nitrogen and oxygen atoms in total. The quantitative estimate of drug-likeness (QED) is 0.657. The fourth-order valence-corrected chi connectivity index (χ4v) is 2.50. The van der Waals surface area contributed by atoms with Crippen LogP contribution in [0.3, 0.4) is 0 Å². The van der Waals surface area contributed by atoms with Crippen molar-refractivity contribution in [2.24, 2.45) is 0 Å². The molecule has 0 spiro atoms. The normalized spacial score (nSPS) is 10.1. The SMILES string of the molecule is COc1ccccc1OCC(=O)NNC(=O)c1ccccc1-n1cccc1. The summed E-state index contributed by atoms with van der Waals surface area (Å²) in [6.45, 7) is -0.264. The van der Waals surface area contributed by atoms with E-state index < -0.39 is 11.8 Å². The van der Waals surface area contributed by atoms with Crippen LogP contribution in [0, 0.1) is 0 Å². The third kappa shape index (κ3) is 4.46. The highest BCUT2D eigenvalue weighted by Gasteiger charge is 2.13. The number of hydrogen-bond donors (Lipinski definition) is 2. The van der Waals surface area contributed by atoms with Crippen LogP contribution in [0.1, 0.15) is 10.4 Å². The zero-order chi connectivity index (χ0) is 19.1. The van der Waals surface area contributed by atoms with Crippen molar-refractivity contribution in [3.8, 4) is 17.2 Å². The van der Waals surface area contributed by atoms with E-state index in [0.29, 0.717) is 22.7 Å². The molecule has 0 saturated carbocycles. The van der Waals surface area contributed by atoms with Gasteiger partial charge in [-0.05, 0) is 36.4 Å². The topological polar surface area (TPSA) is 81.6 Å². The summed E-state index contributed by atoms with van der Waals surface area (Å²) in [4.78, 5) is 24.4. The number of amides is 2. The Hall–Kier alpha value is -3.74. The molecule has 3 rings (SSSR count). The average molecular weight is 365 g/mol.